The van der Waals surface area contributed by atoms with Crippen LogP contribution in [-0.4, -0.2) is 51.7 Å². The van der Waals surface area contributed by atoms with Crippen molar-refractivity contribution >= 4 is 17.2 Å². The highest BCUT2D eigenvalue weighted by molar-refractivity contribution is 6.10. The highest BCUT2D eigenvalue weighted by Gasteiger charge is 2.38. The van der Waals surface area contributed by atoms with Crippen molar-refractivity contribution in [1.82, 2.24) is 0 Å². The van der Waals surface area contributed by atoms with Gasteiger partial charge in [-0.05, 0) is 50.0 Å². The molecule has 0 aromatic heterocycles. The van der Waals surface area contributed by atoms with Crippen molar-refractivity contribution in [3.63, 3.8) is 0 Å². The third-order valence-corrected chi connectivity index (χ3v) is 5.33. The van der Waals surface area contributed by atoms with E-state index in [9.17, 15) is 20.1 Å². The Bertz CT molecular complexity index is 858. The van der Waals surface area contributed by atoms with Crippen molar-refractivity contribution in [3.05, 3.63) is 42.2 Å². The first-order chi connectivity index (χ1) is 13.6. The molecule has 0 bridgehead atoms. The number of aliphatic hydroxyl groups excluding tert-OH is 3. The van der Waals surface area contributed by atoms with E-state index in [0.717, 1.165) is 12.1 Å². The number of ketones is 1. The lowest BCUT2D eigenvalue weighted by molar-refractivity contribution is -0.145. The topological polar surface area (TPSA) is 109 Å². The molecule has 3 N–H and O–H groups in total. The van der Waals surface area contributed by atoms with Gasteiger partial charge in [0, 0.05) is 18.6 Å². The maximum absolute atomic E-state index is 12.6. The summed E-state index contributed by atoms with van der Waals surface area (Å²) in [4.78, 5) is 17.1. The van der Waals surface area contributed by atoms with E-state index in [-0.39, 0.29) is 6.61 Å². The van der Waals surface area contributed by atoms with Crippen LogP contribution in [0.1, 0.15) is 25.7 Å². The first-order valence-corrected chi connectivity index (χ1v) is 9.52. The van der Waals surface area contributed by atoms with Crippen LogP contribution in [0.4, 0.5) is 5.69 Å². The number of carbonyl (C=O) groups is 1. The summed E-state index contributed by atoms with van der Waals surface area (Å²) < 4.78 is 11.7. The lowest BCUT2D eigenvalue weighted by Crippen LogP contribution is -2.48. The second-order valence-electron chi connectivity index (χ2n) is 7.25. The Balaban J connectivity index is 1.52. The maximum Gasteiger partial charge on any atom is 0.204 e. The van der Waals surface area contributed by atoms with Gasteiger partial charge in [-0.1, -0.05) is 6.08 Å². The molecule has 0 spiro atoms. The fourth-order valence-corrected chi connectivity index (χ4v) is 3.69. The number of ether oxygens (including phenoxy) is 2. The number of benzene rings is 1. The number of carbonyl (C=O) groups excluding carboxylic acids is 1. The summed E-state index contributed by atoms with van der Waals surface area (Å²) in [6.07, 6.45) is 4.41. The standard InChI is InChI=1S/C21H23NO6/c23-11-12-4-3-7-17(20(25)21(26)19(12)24)27-13-8-9-15-18(10-13)28-16-6-2-1-5-14(16)22-15/h1,5-6,8-10,12,17,19,21,23-24,26H,2-4,7,11H2. The molecule has 2 aliphatic carbocycles. The fourth-order valence-electron chi connectivity index (χ4n) is 3.69. The summed E-state index contributed by atoms with van der Waals surface area (Å²) in [5.41, 5.74) is 1.45. The van der Waals surface area contributed by atoms with Gasteiger partial charge in [-0.15, -0.1) is 0 Å². The molecular weight excluding hydrogens is 362 g/mol. The molecule has 0 radical (unpaired) electrons. The number of hydrogen-bond donors (Lipinski definition) is 3. The molecule has 7 nitrogen and oxygen atoms in total. The van der Waals surface area contributed by atoms with Crippen LogP contribution in [0.3, 0.4) is 0 Å². The number of aliphatic hydroxyl groups is 3. The van der Waals surface area contributed by atoms with Crippen LogP contribution in [-0.2, 0) is 4.79 Å². The Morgan fingerprint density at radius 2 is 2.11 bits per heavy atom. The Labute approximate surface area is 162 Å². The Morgan fingerprint density at radius 1 is 1.25 bits per heavy atom. The highest BCUT2D eigenvalue weighted by atomic mass is 16.5. The van der Waals surface area contributed by atoms with Gasteiger partial charge in [-0.2, -0.15) is 0 Å². The molecule has 1 aromatic carbocycles. The van der Waals surface area contributed by atoms with E-state index in [2.05, 4.69) is 4.99 Å². The van der Waals surface area contributed by atoms with Gasteiger partial charge in [0.2, 0.25) is 5.78 Å². The van der Waals surface area contributed by atoms with Crippen LogP contribution >= 0.6 is 0 Å². The summed E-state index contributed by atoms with van der Waals surface area (Å²) in [7, 11) is 0. The summed E-state index contributed by atoms with van der Waals surface area (Å²) in [5, 5.41) is 29.6. The minimum atomic E-state index is -1.58. The Hall–Kier alpha value is -2.48. The van der Waals surface area contributed by atoms with Crippen LogP contribution in [0.15, 0.2) is 47.2 Å². The van der Waals surface area contributed by atoms with E-state index in [4.69, 9.17) is 9.47 Å². The number of hydrogen-bond acceptors (Lipinski definition) is 7. The minimum Gasteiger partial charge on any atom is -0.482 e. The highest BCUT2D eigenvalue weighted by Crippen LogP contribution is 2.38. The first kappa shape index (κ1) is 18.9. The molecule has 1 fully saturated rings. The summed E-state index contributed by atoms with van der Waals surface area (Å²) in [6.45, 7) is -0.271. The van der Waals surface area contributed by atoms with Gasteiger partial charge >= 0.3 is 0 Å². The lowest BCUT2D eigenvalue weighted by atomic mass is 9.85. The molecule has 0 saturated heterocycles. The average Bonchev–Trinajstić information content (AvgIpc) is 2.72. The largest absolute Gasteiger partial charge is 0.482 e. The smallest absolute Gasteiger partial charge is 0.204 e. The van der Waals surface area contributed by atoms with E-state index in [1.54, 1.807) is 18.2 Å². The second kappa shape index (κ2) is 7.87. The van der Waals surface area contributed by atoms with Crippen LogP contribution in [0, 0.1) is 5.92 Å². The van der Waals surface area contributed by atoms with Crippen LogP contribution in [0.2, 0.25) is 0 Å². The lowest BCUT2D eigenvalue weighted by Gasteiger charge is -2.30. The van der Waals surface area contributed by atoms with Crippen molar-refractivity contribution in [3.8, 4) is 11.5 Å². The average molecular weight is 385 g/mol. The molecule has 4 atom stereocenters. The van der Waals surface area contributed by atoms with Crippen molar-refractivity contribution in [2.75, 3.05) is 6.61 Å². The molecule has 4 unspecified atom stereocenters. The van der Waals surface area contributed by atoms with Gasteiger partial charge < -0.3 is 24.8 Å². The van der Waals surface area contributed by atoms with E-state index in [0.29, 0.717) is 42.2 Å². The molecule has 148 valence electrons. The van der Waals surface area contributed by atoms with Crippen LogP contribution in [0.25, 0.3) is 0 Å². The molecule has 28 heavy (non-hydrogen) atoms. The number of Topliss-reactive ketones (excluding diaryl/α,β-unsaturated/α-hetero) is 1. The van der Waals surface area contributed by atoms with Crippen molar-refractivity contribution < 1.29 is 29.6 Å². The summed E-state index contributed by atoms with van der Waals surface area (Å²) in [5.74, 6) is 0.583. The molecule has 1 saturated carbocycles. The molecule has 1 heterocycles. The first-order valence-electron chi connectivity index (χ1n) is 9.52. The summed E-state index contributed by atoms with van der Waals surface area (Å²) >= 11 is 0. The molecule has 3 aliphatic rings. The Kier molecular flexibility index (Phi) is 5.30. The molecular formula is C21H23NO6. The van der Waals surface area contributed by atoms with E-state index in [1.807, 2.05) is 18.2 Å². The fraction of sp³-hybridized carbons (Fsp3) is 0.429. The molecule has 1 aromatic rings. The molecule has 7 heteroatoms. The van der Waals surface area contributed by atoms with Gasteiger partial charge in [0.25, 0.3) is 0 Å². The number of nitrogens with zero attached hydrogens (tertiary/aromatic N) is 1. The predicted molar refractivity (Wildman–Crippen MR) is 102 cm³/mol. The zero-order valence-corrected chi connectivity index (χ0v) is 15.3. The van der Waals surface area contributed by atoms with Crippen molar-refractivity contribution in [2.24, 2.45) is 10.9 Å². The predicted octanol–water partition coefficient (Wildman–Crippen LogP) is 1.83. The molecule has 0 amide bonds. The summed E-state index contributed by atoms with van der Waals surface area (Å²) in [6, 6.07) is 5.15. The number of fused-ring (bicyclic) bond motifs is 2. The molecule has 4 rings (SSSR count). The number of allylic oxidation sites excluding steroid dienone is 3. The maximum atomic E-state index is 12.6. The van der Waals surface area contributed by atoms with E-state index < -0.39 is 30.0 Å². The van der Waals surface area contributed by atoms with Crippen molar-refractivity contribution in [1.29, 1.82) is 0 Å². The van der Waals surface area contributed by atoms with Crippen LogP contribution < -0.4 is 9.47 Å². The minimum absolute atomic E-state index is 0.271. The SMILES string of the molecule is O=C1C(Oc2ccc3c(c2)OC2=CCC=CC2=N3)CCCC(CO)C(O)C1O. The van der Waals surface area contributed by atoms with Gasteiger partial charge in [0.15, 0.2) is 11.9 Å². The van der Waals surface area contributed by atoms with E-state index >= 15 is 0 Å². The number of rotatable bonds is 3. The monoisotopic (exact) mass is 385 g/mol. The quantitative estimate of drug-likeness (QED) is 0.733. The van der Waals surface area contributed by atoms with E-state index in [1.165, 1.54) is 0 Å². The normalized spacial score (nSPS) is 29.5. The third-order valence-electron chi connectivity index (χ3n) is 5.33. The Morgan fingerprint density at radius 3 is 2.93 bits per heavy atom. The second-order valence-corrected chi connectivity index (χ2v) is 7.25. The van der Waals surface area contributed by atoms with Crippen LogP contribution in [0.5, 0.6) is 11.5 Å². The van der Waals surface area contributed by atoms with Gasteiger partial charge in [0.1, 0.15) is 29.0 Å². The molecule has 1 aliphatic heterocycles. The van der Waals surface area contributed by atoms with Gasteiger partial charge in [0.05, 0.1) is 6.10 Å². The third kappa shape index (κ3) is 3.61. The van der Waals surface area contributed by atoms with Gasteiger partial charge in [-0.25, -0.2) is 4.99 Å². The zero-order valence-electron chi connectivity index (χ0n) is 15.3. The number of aliphatic imine (C=N–C) groups is 1. The zero-order chi connectivity index (χ0) is 19.7. The van der Waals surface area contributed by atoms with Crippen molar-refractivity contribution in [2.45, 2.75) is 44.0 Å². The van der Waals surface area contributed by atoms with Gasteiger partial charge in [-0.3, -0.25) is 4.79 Å².